The molecule has 2 saturated heterocycles. The average molecular weight is 1150 g/mol. The molecule has 0 radical (unpaired) electrons. The van der Waals surface area contributed by atoms with Crippen molar-refractivity contribution in [3.05, 3.63) is 117 Å². The molecular formula is C44H64Cl2N4O15S6. The molecule has 27 heteroatoms. The van der Waals surface area contributed by atoms with Crippen molar-refractivity contribution in [1.29, 1.82) is 0 Å². The van der Waals surface area contributed by atoms with Crippen LogP contribution in [0.3, 0.4) is 0 Å². The van der Waals surface area contributed by atoms with Crippen LogP contribution in [0, 0.1) is 0 Å². The summed E-state index contributed by atoms with van der Waals surface area (Å²) in [6.07, 6.45) is 4.86. The fraction of sp³-hybridized carbons (Fsp3) is 0.455. The largest absolute Gasteiger partial charge is 0.412 e. The number of aliphatic hydroxyl groups excluding tert-OH is 2. The summed E-state index contributed by atoms with van der Waals surface area (Å²) in [7, 11) is -14.7. The lowest BCUT2D eigenvalue weighted by atomic mass is 9.96. The first-order chi connectivity index (χ1) is 32.5. The zero-order valence-electron chi connectivity index (χ0n) is 39.6. The van der Waals surface area contributed by atoms with Crippen LogP contribution in [0.25, 0.3) is 0 Å². The molecule has 2 atom stereocenters. The van der Waals surface area contributed by atoms with E-state index >= 15 is 0 Å². The molecule has 0 spiro atoms. The Hall–Kier alpha value is -2.48. The highest BCUT2D eigenvalue weighted by molar-refractivity contribution is 7.99. The fourth-order valence-corrected chi connectivity index (χ4v) is 10.3. The van der Waals surface area contributed by atoms with Crippen LogP contribution in [0.4, 0.5) is 0 Å². The van der Waals surface area contributed by atoms with Crippen LogP contribution in [0.2, 0.25) is 10.0 Å². The van der Waals surface area contributed by atoms with Crippen LogP contribution >= 0.6 is 46.7 Å². The highest BCUT2D eigenvalue weighted by Gasteiger charge is 2.31. The van der Waals surface area contributed by atoms with Crippen LogP contribution in [0.15, 0.2) is 105 Å². The molecule has 4 aliphatic heterocycles. The van der Waals surface area contributed by atoms with Crippen LogP contribution in [-0.2, 0) is 53.3 Å². The lowest BCUT2D eigenvalue weighted by Gasteiger charge is -2.39. The van der Waals surface area contributed by atoms with Gasteiger partial charge in [0, 0.05) is 107 Å². The molecule has 4 heterocycles. The fourth-order valence-electron chi connectivity index (χ4n) is 7.72. The van der Waals surface area contributed by atoms with Crippen LogP contribution < -0.4 is 0 Å². The minimum Gasteiger partial charge on any atom is -0.412 e. The second-order valence-corrected chi connectivity index (χ2v) is 25.3. The van der Waals surface area contributed by atoms with Gasteiger partial charge in [0.25, 0.3) is 40.5 Å². The minimum atomic E-state index is -3.67. The van der Waals surface area contributed by atoms with Gasteiger partial charge in [0.1, 0.15) is 0 Å². The van der Waals surface area contributed by atoms with Crippen molar-refractivity contribution in [1.82, 2.24) is 19.6 Å². The molecule has 4 aliphatic rings. The molecule has 0 aromatic heterocycles. The molecular weight excluding hydrogens is 1090 g/mol. The smallest absolute Gasteiger partial charge is 0.261 e. The third kappa shape index (κ3) is 27.0. The average Bonchev–Trinajstić information content (AvgIpc) is 3.50. The monoisotopic (exact) mass is 1150 g/mol. The normalized spacial score (nSPS) is 18.4. The number of benzene rings is 4. The maximum absolute atomic E-state index is 9.19. The number of piperazine rings is 2. The van der Waals surface area contributed by atoms with Gasteiger partial charge in [0.05, 0.1) is 38.2 Å². The molecule has 2 unspecified atom stereocenters. The molecule has 0 saturated carbocycles. The van der Waals surface area contributed by atoms with Crippen molar-refractivity contribution >= 4 is 87.2 Å². The standard InChI is InChI=1S/2C20H23ClN2OS.4CH4O3S.H2O/c2*21-16-5-6-19-15(13-16)14-18(17-3-1-2-4-20(17)25-19)23-9-7-22(8-10-23)11-12-24;4*1-5(2,3)4;/h2*1-6,13,18,24H,7-12,14H2;4*1H3,(H,2,3,4);1H2. The summed E-state index contributed by atoms with van der Waals surface area (Å²) in [5.41, 5.74) is 5.54. The van der Waals surface area contributed by atoms with Gasteiger partial charge in [-0.05, 0) is 83.6 Å². The van der Waals surface area contributed by atoms with Gasteiger partial charge in [0.15, 0.2) is 0 Å². The lowest BCUT2D eigenvalue weighted by Crippen LogP contribution is -2.48. The molecule has 19 nitrogen and oxygen atoms in total. The van der Waals surface area contributed by atoms with E-state index in [1.807, 2.05) is 35.7 Å². The van der Waals surface area contributed by atoms with Crippen LogP contribution in [-0.4, -0.2) is 191 Å². The second kappa shape index (κ2) is 30.2. The van der Waals surface area contributed by atoms with Crippen LogP contribution in [0.5, 0.6) is 0 Å². The first-order valence-electron chi connectivity index (χ1n) is 21.4. The topological polar surface area (TPSA) is 302 Å². The van der Waals surface area contributed by atoms with Gasteiger partial charge in [-0.2, -0.15) is 33.7 Å². The SMILES string of the molecule is CS(=O)(=O)O.CS(=O)(=O)O.CS(=O)(=O)O.CS(=O)(=O)O.O.OCCN1CCN(C2Cc3cc(Cl)ccc3Sc3ccccc32)CC1.OCCN1CCN(C2Cc3cc(Cl)ccc3Sc3ccccc32)CC1. The van der Waals surface area contributed by atoms with Gasteiger partial charge < -0.3 is 15.7 Å². The predicted molar refractivity (Wildman–Crippen MR) is 281 cm³/mol. The summed E-state index contributed by atoms with van der Waals surface area (Å²) in [6, 6.07) is 30.9. The predicted octanol–water partition coefficient (Wildman–Crippen LogP) is 4.59. The maximum atomic E-state index is 9.19. The molecule has 4 aromatic carbocycles. The molecule has 8 N–H and O–H groups in total. The Morgan fingerprint density at radius 3 is 1.04 bits per heavy atom. The van der Waals surface area contributed by atoms with Gasteiger partial charge >= 0.3 is 0 Å². The van der Waals surface area contributed by atoms with E-state index in [-0.39, 0.29) is 18.7 Å². The quantitative estimate of drug-likeness (QED) is 0.144. The zero-order chi connectivity index (χ0) is 52.5. The van der Waals surface area contributed by atoms with Crippen molar-refractivity contribution < 1.29 is 67.6 Å². The van der Waals surface area contributed by atoms with Crippen molar-refractivity contribution in [2.45, 2.75) is 44.5 Å². The first kappa shape index (κ1) is 64.6. The summed E-state index contributed by atoms with van der Waals surface area (Å²) in [5, 5.41) is 20.0. The maximum Gasteiger partial charge on any atom is 0.261 e. The van der Waals surface area contributed by atoms with Crippen LogP contribution in [0.1, 0.15) is 34.3 Å². The number of hydrogen-bond donors (Lipinski definition) is 6. The Balaban J connectivity index is 0.000000350. The van der Waals surface area contributed by atoms with E-state index in [0.717, 1.165) is 88.3 Å². The molecule has 0 aliphatic carbocycles. The summed E-state index contributed by atoms with van der Waals surface area (Å²) < 4.78 is 103. The number of rotatable bonds is 6. The van der Waals surface area contributed by atoms with Crippen molar-refractivity contribution in [3.63, 3.8) is 0 Å². The molecule has 8 rings (SSSR count). The lowest BCUT2D eigenvalue weighted by molar-refractivity contribution is 0.0823. The summed E-state index contributed by atoms with van der Waals surface area (Å²) in [6.45, 7) is 10.3. The summed E-state index contributed by atoms with van der Waals surface area (Å²) in [5.74, 6) is 0. The summed E-state index contributed by atoms with van der Waals surface area (Å²) >= 11 is 16.3. The molecule has 2 fully saturated rings. The molecule has 71 heavy (non-hydrogen) atoms. The molecule has 0 amide bonds. The Bertz CT molecular complexity index is 2470. The number of β-amino-alcohol motifs (C(OH)–C–C–N with tert-alkyl or cyclic N) is 2. The van der Waals surface area contributed by atoms with Crippen molar-refractivity contribution in [2.75, 3.05) is 104 Å². The Kier molecular flexibility index (Phi) is 27.5. The van der Waals surface area contributed by atoms with Gasteiger partial charge in [-0.25, -0.2) is 0 Å². The Morgan fingerprint density at radius 2 is 0.761 bits per heavy atom. The number of aliphatic hydroxyl groups is 2. The third-order valence-corrected chi connectivity index (χ3v) is 13.3. The van der Waals surface area contributed by atoms with E-state index in [2.05, 4.69) is 92.4 Å². The molecule has 4 aromatic rings. The zero-order valence-corrected chi connectivity index (χ0v) is 46.0. The third-order valence-electron chi connectivity index (χ3n) is 10.4. The van der Waals surface area contributed by atoms with Gasteiger partial charge in [-0.1, -0.05) is 83.1 Å². The van der Waals surface area contributed by atoms with E-state index in [1.165, 1.54) is 41.8 Å². The van der Waals surface area contributed by atoms with E-state index in [4.69, 9.17) is 51.6 Å². The number of halogens is 2. The van der Waals surface area contributed by atoms with Crippen molar-refractivity contribution in [3.8, 4) is 0 Å². The minimum absolute atomic E-state index is 0. The highest BCUT2D eigenvalue weighted by Crippen LogP contribution is 2.45. The van der Waals surface area contributed by atoms with Crippen molar-refractivity contribution in [2.24, 2.45) is 0 Å². The van der Waals surface area contributed by atoms with Gasteiger partial charge in [-0.3, -0.25) is 37.8 Å². The van der Waals surface area contributed by atoms with E-state index in [0.29, 0.717) is 37.1 Å². The summed E-state index contributed by atoms with van der Waals surface area (Å²) in [4.78, 5) is 15.2. The Labute approximate surface area is 436 Å². The molecule has 0 bridgehead atoms. The van der Waals surface area contributed by atoms with Gasteiger partial charge in [-0.15, -0.1) is 0 Å². The number of hydrogen-bond acceptors (Lipinski definition) is 16. The molecule has 400 valence electrons. The Morgan fingerprint density at radius 1 is 0.479 bits per heavy atom. The van der Waals surface area contributed by atoms with E-state index < -0.39 is 40.5 Å². The highest BCUT2D eigenvalue weighted by atomic mass is 35.5. The first-order valence-corrected chi connectivity index (χ1v) is 31.2. The van der Waals surface area contributed by atoms with Gasteiger partial charge in [0.2, 0.25) is 0 Å². The number of fused-ring (bicyclic) bond motifs is 4. The second-order valence-electron chi connectivity index (χ2n) is 16.4. The number of nitrogens with zero attached hydrogens (tertiary/aromatic N) is 4. The van der Waals surface area contributed by atoms with E-state index in [9.17, 15) is 33.7 Å². The van der Waals surface area contributed by atoms with E-state index in [1.54, 1.807) is 0 Å².